The van der Waals surface area contributed by atoms with Crippen molar-refractivity contribution in [3.63, 3.8) is 0 Å². The minimum absolute atomic E-state index is 0.00734. The van der Waals surface area contributed by atoms with Crippen molar-refractivity contribution in [1.82, 2.24) is 0 Å². The van der Waals surface area contributed by atoms with Gasteiger partial charge in [-0.3, -0.25) is 5.41 Å². The smallest absolute Gasteiger partial charge is 0.130 e. The Kier molecular flexibility index (Phi) is 5.61. The summed E-state index contributed by atoms with van der Waals surface area (Å²) in [4.78, 5) is 0. The van der Waals surface area contributed by atoms with Crippen LogP contribution < -0.4 is 10.5 Å². The quantitative estimate of drug-likeness (QED) is 0.570. The van der Waals surface area contributed by atoms with E-state index in [9.17, 15) is 0 Å². The second kappa shape index (κ2) is 6.98. The van der Waals surface area contributed by atoms with E-state index in [0.717, 1.165) is 5.56 Å². The van der Waals surface area contributed by atoms with Crippen molar-refractivity contribution in [2.75, 3.05) is 20.8 Å². The molecule has 0 radical (unpaired) electrons. The summed E-state index contributed by atoms with van der Waals surface area (Å²) in [6, 6.07) is 5.47. The molecule has 0 saturated heterocycles. The number of methoxy groups -OCH3 is 2. The normalized spacial score (nSPS) is 12.2. The minimum atomic E-state index is -0.00734. The van der Waals surface area contributed by atoms with Crippen molar-refractivity contribution in [3.8, 4) is 5.75 Å². The van der Waals surface area contributed by atoms with Crippen LogP contribution in [0.4, 0.5) is 0 Å². The molecule has 5 heteroatoms. The van der Waals surface area contributed by atoms with Gasteiger partial charge in [0.1, 0.15) is 11.6 Å². The zero-order valence-electron chi connectivity index (χ0n) is 11.0. The lowest BCUT2D eigenvalue weighted by molar-refractivity contribution is -0.000175. The van der Waals surface area contributed by atoms with Crippen LogP contribution in [0.3, 0.4) is 0 Å². The molecule has 1 aromatic rings. The lowest BCUT2D eigenvalue weighted by atomic mass is 10.1. The van der Waals surface area contributed by atoms with Crippen LogP contribution in [0.25, 0.3) is 0 Å². The highest BCUT2D eigenvalue weighted by Crippen LogP contribution is 2.20. The Morgan fingerprint density at radius 3 is 2.67 bits per heavy atom. The Balaban J connectivity index is 2.71. The molecule has 1 atom stereocenters. The molecule has 0 aliphatic heterocycles. The summed E-state index contributed by atoms with van der Waals surface area (Å²) in [6.45, 7) is 2.98. The van der Waals surface area contributed by atoms with E-state index >= 15 is 0 Å². The summed E-state index contributed by atoms with van der Waals surface area (Å²) >= 11 is 0. The van der Waals surface area contributed by atoms with Gasteiger partial charge in [-0.15, -0.1) is 0 Å². The third-order valence-corrected chi connectivity index (χ3v) is 2.49. The highest BCUT2D eigenvalue weighted by atomic mass is 16.5. The number of amidine groups is 1. The van der Waals surface area contributed by atoms with Gasteiger partial charge in [0.15, 0.2) is 0 Å². The first-order valence-corrected chi connectivity index (χ1v) is 5.70. The first-order chi connectivity index (χ1) is 8.58. The number of hydrogen-bond donors (Lipinski definition) is 2. The van der Waals surface area contributed by atoms with Crippen LogP contribution in [-0.2, 0) is 16.1 Å². The Bertz CT molecular complexity index is 407. The maximum absolute atomic E-state index is 7.42. The van der Waals surface area contributed by atoms with Gasteiger partial charge < -0.3 is 19.9 Å². The zero-order chi connectivity index (χ0) is 13.5. The number of nitrogens with two attached hydrogens (primary N) is 1. The van der Waals surface area contributed by atoms with E-state index in [1.54, 1.807) is 20.3 Å². The highest BCUT2D eigenvalue weighted by Gasteiger charge is 2.08. The number of benzene rings is 1. The third-order valence-electron chi connectivity index (χ3n) is 2.49. The van der Waals surface area contributed by atoms with Crippen LogP contribution in [0.2, 0.25) is 0 Å². The van der Waals surface area contributed by atoms with Crippen LogP contribution in [0.1, 0.15) is 18.1 Å². The van der Waals surface area contributed by atoms with E-state index < -0.39 is 0 Å². The fourth-order valence-corrected chi connectivity index (χ4v) is 1.57. The molecule has 1 unspecified atom stereocenters. The number of rotatable bonds is 7. The molecule has 0 amide bonds. The first-order valence-electron chi connectivity index (χ1n) is 5.70. The molecule has 0 saturated carbocycles. The van der Waals surface area contributed by atoms with Gasteiger partial charge in [0, 0.05) is 7.11 Å². The molecule has 0 aromatic heterocycles. The molecular weight excluding hydrogens is 232 g/mol. The van der Waals surface area contributed by atoms with E-state index in [-0.39, 0.29) is 11.9 Å². The molecule has 5 nitrogen and oxygen atoms in total. The van der Waals surface area contributed by atoms with Crippen molar-refractivity contribution >= 4 is 5.84 Å². The predicted molar refractivity (Wildman–Crippen MR) is 70.1 cm³/mol. The first kappa shape index (κ1) is 14.5. The minimum Gasteiger partial charge on any atom is -0.496 e. The summed E-state index contributed by atoms with van der Waals surface area (Å²) in [5, 5.41) is 7.42. The fourth-order valence-electron chi connectivity index (χ4n) is 1.57. The van der Waals surface area contributed by atoms with Crippen molar-refractivity contribution in [1.29, 1.82) is 5.41 Å². The average Bonchev–Trinajstić information content (AvgIpc) is 2.36. The molecule has 0 bridgehead atoms. The van der Waals surface area contributed by atoms with Gasteiger partial charge in [0.25, 0.3) is 0 Å². The molecular formula is C13H20N2O3. The number of ether oxygens (including phenoxy) is 3. The molecule has 0 spiro atoms. The van der Waals surface area contributed by atoms with Crippen molar-refractivity contribution < 1.29 is 14.2 Å². The molecule has 1 rings (SSSR count). The summed E-state index contributed by atoms with van der Waals surface area (Å²) in [7, 11) is 3.20. The molecule has 3 N–H and O–H groups in total. The lowest BCUT2D eigenvalue weighted by Crippen LogP contribution is -2.15. The number of hydrogen-bond acceptors (Lipinski definition) is 4. The fraction of sp³-hybridized carbons (Fsp3) is 0.462. The van der Waals surface area contributed by atoms with Crippen LogP contribution >= 0.6 is 0 Å². The summed E-state index contributed by atoms with van der Waals surface area (Å²) < 4.78 is 15.8. The molecule has 1 aromatic carbocycles. The van der Waals surface area contributed by atoms with Gasteiger partial charge in [-0.1, -0.05) is 6.07 Å². The average molecular weight is 252 g/mol. The topological polar surface area (TPSA) is 77.6 Å². The van der Waals surface area contributed by atoms with E-state index in [1.165, 1.54) is 0 Å². The standard InChI is InChI=1S/C13H20N2O3/c1-9(7-16-2)18-8-10-4-5-11(13(14)15)12(6-10)17-3/h4-6,9H,7-8H2,1-3H3,(H3,14,15). The van der Waals surface area contributed by atoms with Gasteiger partial charge in [0.05, 0.1) is 32.0 Å². The van der Waals surface area contributed by atoms with Crippen LogP contribution in [0, 0.1) is 5.41 Å². The van der Waals surface area contributed by atoms with E-state index in [4.69, 9.17) is 25.4 Å². The second-order valence-corrected chi connectivity index (χ2v) is 4.03. The Morgan fingerprint density at radius 2 is 2.11 bits per heavy atom. The van der Waals surface area contributed by atoms with Crippen LogP contribution in [0.15, 0.2) is 18.2 Å². The maximum atomic E-state index is 7.42. The lowest BCUT2D eigenvalue weighted by Gasteiger charge is -2.13. The summed E-state index contributed by atoms with van der Waals surface area (Å²) in [5.74, 6) is 0.579. The summed E-state index contributed by atoms with van der Waals surface area (Å²) in [5.41, 5.74) is 7.02. The molecule has 0 heterocycles. The predicted octanol–water partition coefficient (Wildman–Crippen LogP) is 1.53. The number of nitrogen functional groups attached to an aromatic ring is 1. The Hall–Kier alpha value is -1.59. The largest absolute Gasteiger partial charge is 0.496 e. The van der Waals surface area contributed by atoms with Crippen LogP contribution in [0.5, 0.6) is 5.75 Å². The van der Waals surface area contributed by atoms with Crippen molar-refractivity contribution in [2.24, 2.45) is 5.73 Å². The van der Waals surface area contributed by atoms with Gasteiger partial charge >= 0.3 is 0 Å². The van der Waals surface area contributed by atoms with E-state index in [2.05, 4.69) is 0 Å². The van der Waals surface area contributed by atoms with Crippen LogP contribution in [-0.4, -0.2) is 32.8 Å². The highest BCUT2D eigenvalue weighted by molar-refractivity contribution is 5.97. The SMILES string of the molecule is COCC(C)OCc1ccc(C(=N)N)c(OC)c1. The Morgan fingerprint density at radius 1 is 1.39 bits per heavy atom. The molecule has 0 fully saturated rings. The van der Waals surface area contributed by atoms with Crippen molar-refractivity contribution in [3.05, 3.63) is 29.3 Å². The number of nitrogens with one attached hydrogen (secondary N) is 1. The van der Waals surface area contributed by atoms with E-state index in [0.29, 0.717) is 24.5 Å². The monoisotopic (exact) mass is 252 g/mol. The van der Waals surface area contributed by atoms with Gasteiger partial charge in [-0.25, -0.2) is 0 Å². The zero-order valence-corrected chi connectivity index (χ0v) is 11.0. The van der Waals surface area contributed by atoms with E-state index in [1.807, 2.05) is 19.1 Å². The second-order valence-electron chi connectivity index (χ2n) is 4.03. The molecule has 0 aliphatic carbocycles. The maximum Gasteiger partial charge on any atom is 0.130 e. The molecule has 18 heavy (non-hydrogen) atoms. The van der Waals surface area contributed by atoms with Gasteiger partial charge in [-0.2, -0.15) is 0 Å². The van der Waals surface area contributed by atoms with Gasteiger partial charge in [-0.05, 0) is 24.6 Å². The third kappa shape index (κ3) is 4.01. The molecule has 100 valence electrons. The Labute approximate surface area is 107 Å². The van der Waals surface area contributed by atoms with Gasteiger partial charge in [0.2, 0.25) is 0 Å². The molecule has 0 aliphatic rings. The van der Waals surface area contributed by atoms with Crippen molar-refractivity contribution in [2.45, 2.75) is 19.6 Å². The summed E-state index contributed by atoms with van der Waals surface area (Å²) in [6.07, 6.45) is 0.0356.